The third-order valence-electron chi connectivity index (χ3n) is 1.92. The van der Waals surface area contributed by atoms with E-state index in [0.29, 0.717) is 23.1 Å². The van der Waals surface area contributed by atoms with Gasteiger partial charge >= 0.3 is 5.97 Å². The van der Waals surface area contributed by atoms with Crippen LogP contribution in [-0.2, 0) is 4.74 Å². The number of carbonyl (C=O) groups excluding carboxylic acids is 1. The third kappa shape index (κ3) is 1.66. The number of halogens is 1. The third-order valence-corrected chi connectivity index (χ3v) is 2.20. The first kappa shape index (κ1) is 9.92. The molecule has 2 heterocycles. The molecule has 5 nitrogen and oxygen atoms in total. The average Bonchev–Trinajstić information content (AvgIpc) is 2.61. The van der Waals surface area contributed by atoms with Gasteiger partial charge in [0.2, 0.25) is 0 Å². The standard InChI is InChI=1S/C9H8ClN3O2/c1-2-15-9(14)5-3-11-4-6-7(5)8(10)13-12-6/h3-4H,2H2,1H3,(H,12,13). The number of fused-ring (bicyclic) bond motifs is 1. The van der Waals surface area contributed by atoms with Gasteiger partial charge in [-0.05, 0) is 6.92 Å². The normalized spacial score (nSPS) is 10.5. The molecule has 0 aliphatic rings. The summed E-state index contributed by atoms with van der Waals surface area (Å²) in [6, 6.07) is 0. The molecule has 0 saturated heterocycles. The molecule has 0 spiro atoms. The van der Waals surface area contributed by atoms with E-state index in [1.54, 1.807) is 13.1 Å². The summed E-state index contributed by atoms with van der Waals surface area (Å²) in [5.74, 6) is -0.445. The fourth-order valence-electron chi connectivity index (χ4n) is 1.30. The first-order valence-corrected chi connectivity index (χ1v) is 4.76. The summed E-state index contributed by atoms with van der Waals surface area (Å²) >= 11 is 5.84. The molecule has 0 unspecified atom stereocenters. The zero-order chi connectivity index (χ0) is 10.8. The van der Waals surface area contributed by atoms with E-state index >= 15 is 0 Å². The molecule has 0 fully saturated rings. The Balaban J connectivity index is 2.59. The number of carbonyl (C=O) groups is 1. The quantitative estimate of drug-likeness (QED) is 0.792. The molecule has 78 valence electrons. The molecule has 0 radical (unpaired) electrons. The van der Waals surface area contributed by atoms with Crippen LogP contribution in [0.25, 0.3) is 10.9 Å². The van der Waals surface area contributed by atoms with Gasteiger partial charge in [0.25, 0.3) is 0 Å². The van der Waals surface area contributed by atoms with Gasteiger partial charge in [-0.3, -0.25) is 10.1 Å². The van der Waals surface area contributed by atoms with E-state index in [0.717, 1.165) is 0 Å². The Kier molecular flexibility index (Phi) is 2.55. The van der Waals surface area contributed by atoms with Gasteiger partial charge in [-0.15, -0.1) is 0 Å². The summed E-state index contributed by atoms with van der Waals surface area (Å²) in [6.07, 6.45) is 2.97. The fourth-order valence-corrected chi connectivity index (χ4v) is 1.54. The zero-order valence-corrected chi connectivity index (χ0v) is 8.71. The molecular weight excluding hydrogens is 218 g/mol. The van der Waals surface area contributed by atoms with Crippen LogP contribution in [0.5, 0.6) is 0 Å². The number of aromatic nitrogens is 3. The average molecular weight is 226 g/mol. The summed E-state index contributed by atoms with van der Waals surface area (Å²) in [6.45, 7) is 2.05. The highest BCUT2D eigenvalue weighted by atomic mass is 35.5. The maximum Gasteiger partial charge on any atom is 0.340 e. The van der Waals surface area contributed by atoms with E-state index in [4.69, 9.17) is 16.3 Å². The first-order chi connectivity index (χ1) is 7.24. The molecule has 0 amide bonds. The minimum Gasteiger partial charge on any atom is -0.462 e. The lowest BCUT2D eigenvalue weighted by Gasteiger charge is -2.01. The van der Waals surface area contributed by atoms with E-state index in [1.165, 1.54) is 6.20 Å². The van der Waals surface area contributed by atoms with Gasteiger partial charge in [-0.2, -0.15) is 5.10 Å². The predicted molar refractivity (Wildman–Crippen MR) is 54.9 cm³/mol. The monoisotopic (exact) mass is 225 g/mol. The number of nitrogens with one attached hydrogen (secondary N) is 1. The minimum absolute atomic E-state index is 0.246. The highest BCUT2D eigenvalue weighted by Crippen LogP contribution is 2.23. The van der Waals surface area contributed by atoms with Crippen molar-refractivity contribution in [3.8, 4) is 0 Å². The van der Waals surface area contributed by atoms with Gasteiger partial charge in [0, 0.05) is 6.20 Å². The van der Waals surface area contributed by atoms with Crippen LogP contribution < -0.4 is 0 Å². The molecule has 2 aromatic rings. The molecule has 2 rings (SSSR count). The summed E-state index contributed by atoms with van der Waals surface area (Å²) < 4.78 is 4.88. The van der Waals surface area contributed by atoms with Gasteiger partial charge in [0.15, 0.2) is 5.15 Å². The number of pyridine rings is 1. The Labute approximate surface area is 90.4 Å². The Hall–Kier alpha value is -1.62. The molecule has 0 aromatic carbocycles. The van der Waals surface area contributed by atoms with Gasteiger partial charge < -0.3 is 4.74 Å². The lowest BCUT2D eigenvalue weighted by molar-refractivity contribution is 0.0528. The lowest BCUT2D eigenvalue weighted by atomic mass is 10.2. The molecule has 15 heavy (non-hydrogen) atoms. The number of ether oxygens (including phenoxy) is 1. The van der Waals surface area contributed by atoms with Crippen molar-refractivity contribution in [2.45, 2.75) is 6.92 Å². The number of hydrogen-bond acceptors (Lipinski definition) is 4. The Morgan fingerprint density at radius 3 is 3.13 bits per heavy atom. The number of hydrogen-bond donors (Lipinski definition) is 1. The van der Waals surface area contributed by atoms with Gasteiger partial charge in [-0.25, -0.2) is 4.79 Å². The molecule has 1 N–H and O–H groups in total. The van der Waals surface area contributed by atoms with Crippen LogP contribution in [0, 0.1) is 0 Å². The molecule has 0 atom stereocenters. The van der Waals surface area contributed by atoms with E-state index in [2.05, 4.69) is 15.2 Å². The molecule has 0 bridgehead atoms. The van der Waals surface area contributed by atoms with Crippen LogP contribution in [0.15, 0.2) is 12.4 Å². The highest BCUT2D eigenvalue weighted by molar-refractivity contribution is 6.35. The molecular formula is C9H8ClN3O2. The Morgan fingerprint density at radius 2 is 2.40 bits per heavy atom. The number of aromatic amines is 1. The lowest BCUT2D eigenvalue weighted by Crippen LogP contribution is -2.05. The van der Waals surface area contributed by atoms with Crippen LogP contribution in [0.1, 0.15) is 17.3 Å². The van der Waals surface area contributed by atoms with Crippen molar-refractivity contribution in [3.05, 3.63) is 23.1 Å². The van der Waals surface area contributed by atoms with Crippen molar-refractivity contribution in [1.82, 2.24) is 15.2 Å². The topological polar surface area (TPSA) is 67.9 Å². The van der Waals surface area contributed by atoms with Crippen LogP contribution in [0.3, 0.4) is 0 Å². The second-order valence-corrected chi connectivity index (χ2v) is 3.20. The summed E-state index contributed by atoms with van der Waals surface area (Å²) in [5, 5.41) is 7.26. The number of rotatable bonds is 2. The van der Waals surface area contributed by atoms with Crippen molar-refractivity contribution < 1.29 is 9.53 Å². The summed E-state index contributed by atoms with van der Waals surface area (Å²) in [4.78, 5) is 15.4. The van der Waals surface area contributed by atoms with Crippen LogP contribution in [0.4, 0.5) is 0 Å². The fraction of sp³-hybridized carbons (Fsp3) is 0.222. The van der Waals surface area contributed by atoms with Gasteiger partial charge in [-0.1, -0.05) is 11.6 Å². The van der Waals surface area contributed by atoms with Crippen molar-refractivity contribution in [2.24, 2.45) is 0 Å². The Bertz CT molecular complexity index is 509. The van der Waals surface area contributed by atoms with E-state index in [9.17, 15) is 4.79 Å². The summed E-state index contributed by atoms with van der Waals surface area (Å²) in [7, 11) is 0. The van der Waals surface area contributed by atoms with E-state index < -0.39 is 5.97 Å². The van der Waals surface area contributed by atoms with Crippen molar-refractivity contribution in [2.75, 3.05) is 6.61 Å². The summed E-state index contributed by atoms with van der Waals surface area (Å²) in [5.41, 5.74) is 0.943. The zero-order valence-electron chi connectivity index (χ0n) is 7.95. The molecule has 6 heteroatoms. The smallest absolute Gasteiger partial charge is 0.340 e. The van der Waals surface area contributed by atoms with Crippen molar-refractivity contribution >= 4 is 28.5 Å². The second-order valence-electron chi connectivity index (χ2n) is 2.84. The van der Waals surface area contributed by atoms with Crippen molar-refractivity contribution in [1.29, 1.82) is 0 Å². The minimum atomic E-state index is -0.445. The predicted octanol–water partition coefficient (Wildman–Crippen LogP) is 1.79. The second kappa shape index (κ2) is 3.86. The van der Waals surface area contributed by atoms with Gasteiger partial charge in [0.05, 0.1) is 29.3 Å². The maximum absolute atomic E-state index is 11.5. The van der Waals surface area contributed by atoms with E-state index in [-0.39, 0.29) is 5.15 Å². The highest BCUT2D eigenvalue weighted by Gasteiger charge is 2.15. The van der Waals surface area contributed by atoms with Crippen LogP contribution in [-0.4, -0.2) is 27.8 Å². The SMILES string of the molecule is CCOC(=O)c1cncc2[nH]nc(Cl)c12. The van der Waals surface area contributed by atoms with Crippen molar-refractivity contribution in [3.63, 3.8) is 0 Å². The Morgan fingerprint density at radius 1 is 1.60 bits per heavy atom. The van der Waals surface area contributed by atoms with Gasteiger partial charge in [0.1, 0.15) is 0 Å². The molecule has 0 aliphatic heterocycles. The molecule has 2 aromatic heterocycles. The van der Waals surface area contributed by atoms with E-state index in [1.807, 2.05) is 0 Å². The van der Waals surface area contributed by atoms with Crippen LogP contribution in [0.2, 0.25) is 5.15 Å². The van der Waals surface area contributed by atoms with Crippen LogP contribution >= 0.6 is 11.6 Å². The molecule has 0 saturated carbocycles. The largest absolute Gasteiger partial charge is 0.462 e. The number of esters is 1. The first-order valence-electron chi connectivity index (χ1n) is 4.38. The molecule has 0 aliphatic carbocycles. The maximum atomic E-state index is 11.5. The number of H-pyrrole nitrogens is 1. The number of nitrogens with zero attached hydrogens (tertiary/aromatic N) is 2.